The zero-order valence-electron chi connectivity index (χ0n) is 26.0. The van der Waals surface area contributed by atoms with Gasteiger partial charge in [-0.25, -0.2) is 5.48 Å². The molecule has 3 rings (SSSR count). The van der Waals surface area contributed by atoms with Crippen LogP contribution < -0.4 is 14.6 Å². The monoisotopic (exact) mass is 543 g/mol. The second-order valence-electron chi connectivity index (χ2n) is 14.2. The molecule has 1 N–H and O–H groups in total. The average Bonchev–Trinajstić information content (AvgIpc) is 2.80. The summed E-state index contributed by atoms with van der Waals surface area (Å²) in [6, 6.07) is 4.59. The summed E-state index contributed by atoms with van der Waals surface area (Å²) in [5, 5.41) is 0.0652. The first-order chi connectivity index (χ1) is 17.5. The van der Waals surface area contributed by atoms with Crippen LogP contribution in [0.4, 0.5) is 0 Å². The lowest BCUT2D eigenvalue weighted by Crippen LogP contribution is -2.47. The molecular formula is C32H53NO4Si. The predicted octanol–water partition coefficient (Wildman–Crippen LogP) is 8.59. The normalized spacial score (nSPS) is 21.1. The van der Waals surface area contributed by atoms with E-state index in [4.69, 9.17) is 14.0 Å². The number of benzene rings is 1. The van der Waals surface area contributed by atoms with Crippen LogP contribution in [0.1, 0.15) is 117 Å². The van der Waals surface area contributed by atoms with Crippen LogP contribution in [0.5, 0.6) is 11.5 Å². The molecule has 0 radical (unpaired) electrons. The Kier molecular flexibility index (Phi) is 9.19. The SMILES string of the molecule is CCCCCCC(C)(C)c1cc2c(c(O[Si](C)(C)C(C)(C)C)c1)[C@@H]1CC(C(=O)NOC)=CC[C@H]1C(C)(C)O2. The second-order valence-corrected chi connectivity index (χ2v) is 18.9. The predicted molar refractivity (Wildman–Crippen MR) is 159 cm³/mol. The van der Waals surface area contributed by atoms with E-state index in [1.807, 2.05) is 0 Å². The third kappa shape index (κ3) is 6.50. The summed E-state index contributed by atoms with van der Waals surface area (Å²) in [6.07, 6.45) is 9.64. The van der Waals surface area contributed by atoms with Gasteiger partial charge in [-0.05, 0) is 74.4 Å². The molecule has 214 valence electrons. The number of rotatable bonds is 10. The fourth-order valence-electron chi connectivity index (χ4n) is 5.76. The van der Waals surface area contributed by atoms with Gasteiger partial charge in [0.25, 0.3) is 5.91 Å². The topological polar surface area (TPSA) is 56.8 Å². The maximum absolute atomic E-state index is 12.8. The molecule has 1 amide bonds. The maximum atomic E-state index is 12.8. The van der Waals surface area contributed by atoms with Gasteiger partial charge in [-0.3, -0.25) is 9.63 Å². The van der Waals surface area contributed by atoms with Gasteiger partial charge < -0.3 is 9.16 Å². The number of hydrogen-bond acceptors (Lipinski definition) is 4. The summed E-state index contributed by atoms with van der Waals surface area (Å²) >= 11 is 0. The number of amides is 1. The van der Waals surface area contributed by atoms with Gasteiger partial charge in [0.05, 0.1) is 7.11 Å². The van der Waals surface area contributed by atoms with Gasteiger partial charge in [-0.2, -0.15) is 0 Å². The van der Waals surface area contributed by atoms with E-state index in [1.165, 1.54) is 38.4 Å². The van der Waals surface area contributed by atoms with E-state index in [-0.39, 0.29) is 33.8 Å². The highest BCUT2D eigenvalue weighted by Gasteiger charge is 2.48. The van der Waals surface area contributed by atoms with Crippen molar-refractivity contribution in [2.45, 2.75) is 135 Å². The fourth-order valence-corrected chi connectivity index (χ4v) is 6.79. The Morgan fingerprint density at radius 1 is 1.13 bits per heavy atom. The fraction of sp³-hybridized carbons (Fsp3) is 0.719. The number of fused-ring (bicyclic) bond motifs is 3. The van der Waals surface area contributed by atoms with Crippen LogP contribution in [0.3, 0.4) is 0 Å². The van der Waals surface area contributed by atoms with Gasteiger partial charge in [0.1, 0.15) is 17.1 Å². The Hall–Kier alpha value is -1.79. The molecule has 2 atom stereocenters. The van der Waals surface area contributed by atoms with Gasteiger partial charge >= 0.3 is 0 Å². The highest BCUT2D eigenvalue weighted by molar-refractivity contribution is 6.74. The van der Waals surface area contributed by atoms with Crippen molar-refractivity contribution in [3.8, 4) is 11.5 Å². The smallest absolute Gasteiger partial charge is 0.270 e. The quantitative estimate of drug-likeness (QED) is 0.182. The van der Waals surface area contributed by atoms with Crippen LogP contribution in [0.25, 0.3) is 0 Å². The first-order valence-corrected chi connectivity index (χ1v) is 17.5. The average molecular weight is 544 g/mol. The van der Waals surface area contributed by atoms with Gasteiger partial charge in [0.2, 0.25) is 8.32 Å². The molecule has 0 bridgehead atoms. The largest absolute Gasteiger partial charge is 0.543 e. The first-order valence-electron chi connectivity index (χ1n) is 14.6. The molecule has 0 saturated heterocycles. The van der Waals surface area contributed by atoms with E-state index >= 15 is 0 Å². The number of allylic oxidation sites excluding steroid dienone is 1. The Morgan fingerprint density at radius 2 is 1.82 bits per heavy atom. The molecule has 1 aromatic rings. The molecule has 2 aliphatic rings. The minimum atomic E-state index is -2.14. The maximum Gasteiger partial charge on any atom is 0.270 e. The van der Waals surface area contributed by atoms with E-state index in [9.17, 15) is 4.79 Å². The number of hydroxylamine groups is 1. The van der Waals surface area contributed by atoms with Crippen molar-refractivity contribution < 1.29 is 18.8 Å². The van der Waals surface area contributed by atoms with E-state index in [2.05, 4.69) is 92.2 Å². The van der Waals surface area contributed by atoms with E-state index < -0.39 is 8.32 Å². The van der Waals surface area contributed by atoms with E-state index in [0.717, 1.165) is 35.5 Å². The Morgan fingerprint density at radius 3 is 2.42 bits per heavy atom. The third-order valence-electron chi connectivity index (χ3n) is 9.38. The number of carbonyl (C=O) groups is 1. The number of carbonyl (C=O) groups excluding carboxylic acids is 1. The van der Waals surface area contributed by atoms with Crippen molar-refractivity contribution >= 4 is 14.2 Å². The molecule has 6 heteroatoms. The molecule has 1 heterocycles. The zero-order chi connectivity index (χ0) is 28.5. The zero-order valence-corrected chi connectivity index (χ0v) is 27.0. The van der Waals surface area contributed by atoms with Gasteiger partial charge in [0, 0.05) is 23.0 Å². The van der Waals surface area contributed by atoms with Crippen LogP contribution in [0.15, 0.2) is 23.8 Å². The third-order valence-corrected chi connectivity index (χ3v) is 13.7. The lowest BCUT2D eigenvalue weighted by atomic mass is 9.66. The number of hydrogen-bond donors (Lipinski definition) is 1. The second kappa shape index (κ2) is 11.4. The lowest BCUT2D eigenvalue weighted by molar-refractivity contribution is -0.127. The minimum Gasteiger partial charge on any atom is -0.543 e. The van der Waals surface area contributed by atoms with Crippen molar-refractivity contribution in [3.63, 3.8) is 0 Å². The Balaban J connectivity index is 2.14. The van der Waals surface area contributed by atoms with Crippen LogP contribution >= 0.6 is 0 Å². The Labute approximate surface area is 233 Å². The summed E-state index contributed by atoms with van der Waals surface area (Å²) < 4.78 is 14.0. The van der Waals surface area contributed by atoms with Crippen LogP contribution in [0.2, 0.25) is 18.1 Å². The molecule has 38 heavy (non-hydrogen) atoms. The van der Waals surface area contributed by atoms with Crippen molar-refractivity contribution in [2.24, 2.45) is 5.92 Å². The molecule has 1 aromatic carbocycles. The Bertz CT molecular complexity index is 1030. The molecule has 0 saturated carbocycles. The highest BCUT2D eigenvalue weighted by Crippen LogP contribution is 2.56. The van der Waals surface area contributed by atoms with E-state index in [1.54, 1.807) is 0 Å². The van der Waals surface area contributed by atoms with Crippen molar-refractivity contribution in [3.05, 3.63) is 34.9 Å². The van der Waals surface area contributed by atoms with Crippen molar-refractivity contribution in [2.75, 3.05) is 7.11 Å². The summed E-state index contributed by atoms with van der Waals surface area (Å²) in [6.45, 7) is 22.8. The summed E-state index contributed by atoms with van der Waals surface area (Å²) in [5.74, 6) is 2.12. The lowest BCUT2D eigenvalue weighted by Gasteiger charge is -2.48. The summed E-state index contributed by atoms with van der Waals surface area (Å²) in [7, 11) is -0.656. The number of unbranched alkanes of at least 4 members (excludes halogenated alkanes) is 3. The molecule has 1 aliphatic carbocycles. The summed E-state index contributed by atoms with van der Waals surface area (Å²) in [4.78, 5) is 17.7. The first kappa shape index (κ1) is 30.7. The van der Waals surface area contributed by atoms with Gasteiger partial charge in [0.15, 0.2) is 0 Å². The molecule has 0 unspecified atom stereocenters. The van der Waals surface area contributed by atoms with Crippen LogP contribution in [-0.4, -0.2) is 26.9 Å². The van der Waals surface area contributed by atoms with Crippen LogP contribution in [-0.2, 0) is 15.0 Å². The standard InChI is InChI=1S/C32H53NO4Si/c1-12-13-14-15-18-31(5,6)23-20-26-28(27(21-23)37-38(10,11)30(2,3)4)24-19-22(29(34)33-35-9)16-17-25(24)32(7,8)36-26/h16,20-21,24-25H,12-15,17-19H2,1-11H3,(H,33,34)/t24-,25-/m1/s1. The number of ether oxygens (including phenoxy) is 1. The minimum absolute atomic E-state index is 0.00857. The molecular weight excluding hydrogens is 490 g/mol. The molecule has 0 aromatic heterocycles. The van der Waals surface area contributed by atoms with Crippen molar-refractivity contribution in [1.29, 1.82) is 0 Å². The highest BCUT2D eigenvalue weighted by atomic mass is 28.4. The molecule has 1 aliphatic heterocycles. The number of nitrogens with one attached hydrogen (secondary N) is 1. The molecule has 5 nitrogen and oxygen atoms in total. The van der Waals surface area contributed by atoms with Crippen LogP contribution in [0, 0.1) is 5.92 Å². The van der Waals surface area contributed by atoms with Crippen molar-refractivity contribution in [1.82, 2.24) is 5.48 Å². The molecule has 0 fully saturated rings. The summed E-state index contributed by atoms with van der Waals surface area (Å²) in [5.41, 5.74) is 5.37. The van der Waals surface area contributed by atoms with E-state index in [0.29, 0.717) is 6.42 Å². The molecule has 0 spiro atoms. The van der Waals surface area contributed by atoms with Gasteiger partial charge in [-0.15, -0.1) is 0 Å². The van der Waals surface area contributed by atoms with Gasteiger partial charge in [-0.1, -0.05) is 73.3 Å².